The lowest BCUT2D eigenvalue weighted by Gasteiger charge is -2.14. The molecule has 33 heavy (non-hydrogen) atoms. The van der Waals surface area contributed by atoms with Gasteiger partial charge in [0.05, 0.1) is 10.6 Å². The van der Waals surface area contributed by atoms with Crippen molar-refractivity contribution in [1.82, 2.24) is 30.0 Å². The van der Waals surface area contributed by atoms with Crippen LogP contribution in [0.5, 0.6) is 0 Å². The predicted molar refractivity (Wildman–Crippen MR) is 129 cm³/mol. The molecule has 0 bridgehead atoms. The maximum Gasteiger partial charge on any atom is 0.273 e. The fourth-order valence-electron chi connectivity index (χ4n) is 3.77. The van der Waals surface area contributed by atoms with Gasteiger partial charge in [0.25, 0.3) is 5.91 Å². The molecule has 170 valence electrons. The average Bonchev–Trinajstić information content (AvgIpc) is 3.65. The molecule has 0 aliphatic carbocycles. The Balaban J connectivity index is 1.25. The summed E-state index contributed by atoms with van der Waals surface area (Å²) in [5.41, 5.74) is 1.29. The Hall–Kier alpha value is -2.95. The highest BCUT2D eigenvalue weighted by Gasteiger charge is 2.19. The smallest absolute Gasteiger partial charge is 0.273 e. The largest absolute Gasteiger partial charge is 0.447 e. The van der Waals surface area contributed by atoms with E-state index in [0.717, 1.165) is 41.2 Å². The second-order valence-electron chi connectivity index (χ2n) is 7.67. The molecule has 8 nitrogen and oxygen atoms in total. The van der Waals surface area contributed by atoms with Crippen molar-refractivity contribution in [2.75, 3.05) is 26.2 Å². The number of nitrogens with one attached hydrogen (secondary N) is 1. The second-order valence-corrected chi connectivity index (χ2v) is 9.56. The van der Waals surface area contributed by atoms with E-state index in [2.05, 4.69) is 25.4 Å². The first-order valence-electron chi connectivity index (χ1n) is 10.9. The Labute approximate surface area is 200 Å². The Bertz CT molecular complexity index is 1180. The summed E-state index contributed by atoms with van der Waals surface area (Å²) in [6.45, 7) is 3.71. The van der Waals surface area contributed by atoms with Gasteiger partial charge in [-0.1, -0.05) is 36.0 Å². The van der Waals surface area contributed by atoms with Crippen LogP contribution in [0.1, 0.15) is 29.2 Å². The summed E-state index contributed by atoms with van der Waals surface area (Å²) < 4.78 is 7.59. The summed E-state index contributed by atoms with van der Waals surface area (Å²) in [6, 6.07) is 14.1. The van der Waals surface area contributed by atoms with Crippen molar-refractivity contribution in [2.24, 2.45) is 0 Å². The zero-order valence-corrected chi connectivity index (χ0v) is 19.6. The van der Waals surface area contributed by atoms with Gasteiger partial charge in [-0.15, -0.1) is 21.5 Å². The summed E-state index contributed by atoms with van der Waals surface area (Å²) in [5.74, 6) is 1.51. The highest BCUT2D eigenvalue weighted by Crippen LogP contribution is 2.31. The third-order valence-corrected chi connectivity index (χ3v) is 7.19. The van der Waals surface area contributed by atoms with Gasteiger partial charge < -0.3 is 14.6 Å². The number of benzene rings is 1. The minimum Gasteiger partial charge on any atom is -0.447 e. The van der Waals surface area contributed by atoms with Gasteiger partial charge in [0.2, 0.25) is 5.89 Å². The molecule has 4 heterocycles. The number of hydrogen-bond acceptors (Lipinski definition) is 8. The molecule has 4 aromatic rings. The molecule has 0 radical (unpaired) electrons. The second kappa shape index (κ2) is 10.3. The summed E-state index contributed by atoms with van der Waals surface area (Å²) in [5, 5.41) is 14.5. The molecule has 0 saturated carbocycles. The number of thioether (sulfide) groups is 1. The Morgan fingerprint density at radius 2 is 1.97 bits per heavy atom. The van der Waals surface area contributed by atoms with Gasteiger partial charge in [-0.2, -0.15) is 0 Å². The van der Waals surface area contributed by atoms with E-state index in [1.165, 1.54) is 30.9 Å². The van der Waals surface area contributed by atoms with E-state index in [4.69, 9.17) is 4.42 Å². The minimum absolute atomic E-state index is 0.207. The van der Waals surface area contributed by atoms with E-state index in [9.17, 15) is 4.79 Å². The molecule has 1 N–H and O–H groups in total. The lowest BCUT2D eigenvalue weighted by molar-refractivity contribution is 0.0944. The standard InChI is InChI=1S/C23H24N6O2S2/c30-22(24-10-13-28-11-4-5-12-28)18-15-31-20(25-18)16-33-23-27-26-21(19-9-6-14-32-19)29(23)17-7-2-1-3-8-17/h1-3,6-9,14-15H,4-5,10-13,16H2,(H,24,30). The van der Waals surface area contributed by atoms with E-state index in [1.807, 2.05) is 52.4 Å². The number of para-hydroxylation sites is 1. The lowest BCUT2D eigenvalue weighted by atomic mass is 10.3. The maximum absolute atomic E-state index is 12.4. The quantitative estimate of drug-likeness (QED) is 0.361. The number of oxazole rings is 1. The van der Waals surface area contributed by atoms with Crippen LogP contribution >= 0.6 is 23.1 Å². The van der Waals surface area contributed by atoms with Crippen LogP contribution in [-0.2, 0) is 5.75 Å². The molecule has 10 heteroatoms. The monoisotopic (exact) mass is 480 g/mol. The first kappa shape index (κ1) is 21.9. The van der Waals surface area contributed by atoms with Gasteiger partial charge in [-0.3, -0.25) is 9.36 Å². The molecular formula is C23H24N6O2S2. The van der Waals surface area contributed by atoms with E-state index in [-0.39, 0.29) is 5.91 Å². The van der Waals surface area contributed by atoms with Crippen molar-refractivity contribution in [1.29, 1.82) is 0 Å². The molecule has 1 fully saturated rings. The summed E-state index contributed by atoms with van der Waals surface area (Å²) >= 11 is 3.09. The molecule has 0 spiro atoms. The zero-order chi connectivity index (χ0) is 22.5. The number of aromatic nitrogens is 4. The SMILES string of the molecule is O=C(NCCN1CCCC1)c1coc(CSc2nnc(-c3cccs3)n2-c2ccccc2)n1. The van der Waals surface area contributed by atoms with E-state index in [0.29, 0.717) is 23.9 Å². The zero-order valence-electron chi connectivity index (χ0n) is 18.0. The lowest BCUT2D eigenvalue weighted by Crippen LogP contribution is -2.33. The fraction of sp³-hybridized carbons (Fsp3) is 0.304. The van der Waals surface area contributed by atoms with Crippen molar-refractivity contribution < 1.29 is 9.21 Å². The number of thiophene rings is 1. The van der Waals surface area contributed by atoms with Crippen molar-refractivity contribution in [3.8, 4) is 16.4 Å². The first-order chi connectivity index (χ1) is 16.3. The number of likely N-dealkylation sites (tertiary alicyclic amines) is 1. The normalized spacial score (nSPS) is 14.1. The Morgan fingerprint density at radius 3 is 2.76 bits per heavy atom. The van der Waals surface area contributed by atoms with Gasteiger partial charge in [0.15, 0.2) is 16.7 Å². The van der Waals surface area contributed by atoms with Crippen LogP contribution < -0.4 is 5.32 Å². The maximum atomic E-state index is 12.4. The average molecular weight is 481 g/mol. The third-order valence-electron chi connectivity index (χ3n) is 5.41. The topological polar surface area (TPSA) is 89.1 Å². The summed E-state index contributed by atoms with van der Waals surface area (Å²) in [7, 11) is 0. The van der Waals surface area contributed by atoms with Crippen molar-refractivity contribution >= 4 is 29.0 Å². The van der Waals surface area contributed by atoms with Crippen LogP contribution in [0.25, 0.3) is 16.4 Å². The highest BCUT2D eigenvalue weighted by molar-refractivity contribution is 7.98. The van der Waals surface area contributed by atoms with Gasteiger partial charge in [0, 0.05) is 18.8 Å². The van der Waals surface area contributed by atoms with Crippen LogP contribution in [0.3, 0.4) is 0 Å². The molecule has 1 aliphatic rings. The molecule has 1 aliphatic heterocycles. The minimum atomic E-state index is -0.207. The number of hydrogen-bond donors (Lipinski definition) is 1. The van der Waals surface area contributed by atoms with Gasteiger partial charge in [0.1, 0.15) is 6.26 Å². The molecule has 3 aromatic heterocycles. The Kier molecular flexibility index (Phi) is 6.84. The van der Waals surface area contributed by atoms with Crippen molar-refractivity contribution in [2.45, 2.75) is 23.8 Å². The van der Waals surface area contributed by atoms with Crippen LogP contribution in [0, 0.1) is 0 Å². The number of nitrogens with zero attached hydrogens (tertiary/aromatic N) is 5. The van der Waals surface area contributed by atoms with Crippen LogP contribution in [-0.4, -0.2) is 56.7 Å². The van der Waals surface area contributed by atoms with Gasteiger partial charge in [-0.25, -0.2) is 4.98 Å². The number of amides is 1. The van der Waals surface area contributed by atoms with E-state index >= 15 is 0 Å². The molecule has 0 unspecified atom stereocenters. The van der Waals surface area contributed by atoms with Gasteiger partial charge >= 0.3 is 0 Å². The number of rotatable bonds is 9. The van der Waals surface area contributed by atoms with E-state index < -0.39 is 0 Å². The van der Waals surface area contributed by atoms with Crippen LogP contribution in [0.15, 0.2) is 63.7 Å². The molecule has 5 rings (SSSR count). The number of carbonyl (C=O) groups excluding carboxylic acids is 1. The van der Waals surface area contributed by atoms with Crippen molar-refractivity contribution in [3.05, 3.63) is 65.7 Å². The third kappa shape index (κ3) is 5.18. The van der Waals surface area contributed by atoms with Crippen molar-refractivity contribution in [3.63, 3.8) is 0 Å². The van der Waals surface area contributed by atoms with E-state index in [1.54, 1.807) is 11.3 Å². The Morgan fingerprint density at radius 1 is 1.12 bits per heavy atom. The molecule has 1 amide bonds. The van der Waals surface area contributed by atoms with Crippen LogP contribution in [0.4, 0.5) is 0 Å². The molecule has 0 atom stereocenters. The first-order valence-corrected chi connectivity index (χ1v) is 12.8. The van der Waals surface area contributed by atoms with Gasteiger partial charge in [-0.05, 0) is 49.5 Å². The molecular weight excluding hydrogens is 456 g/mol. The highest BCUT2D eigenvalue weighted by atomic mass is 32.2. The molecule has 1 aromatic carbocycles. The summed E-state index contributed by atoms with van der Waals surface area (Å²) in [6.07, 6.45) is 3.90. The fourth-order valence-corrected chi connectivity index (χ4v) is 5.27. The predicted octanol–water partition coefficient (Wildman–Crippen LogP) is 4.10. The van der Waals surface area contributed by atoms with Crippen LogP contribution in [0.2, 0.25) is 0 Å². The number of carbonyl (C=O) groups is 1. The molecule has 1 saturated heterocycles. The summed E-state index contributed by atoms with van der Waals surface area (Å²) in [4.78, 5) is 20.2.